The summed E-state index contributed by atoms with van der Waals surface area (Å²) in [7, 11) is 0. The first-order chi connectivity index (χ1) is 11.8. The number of rotatable bonds is 5. The van der Waals surface area contributed by atoms with Gasteiger partial charge in [-0.1, -0.05) is 23.3 Å². The normalized spacial score (nSPS) is 11.0. The minimum Gasteiger partial charge on any atom is -0.408 e. The van der Waals surface area contributed by atoms with Gasteiger partial charge in [-0.3, -0.25) is 9.38 Å². The molecule has 0 spiro atoms. The van der Waals surface area contributed by atoms with Gasteiger partial charge in [0.05, 0.1) is 31.1 Å². The Morgan fingerprint density at radius 2 is 2.08 bits per heavy atom. The molecule has 0 saturated carbocycles. The van der Waals surface area contributed by atoms with Crippen molar-refractivity contribution in [3.05, 3.63) is 72.0 Å². The van der Waals surface area contributed by atoms with Crippen LogP contribution in [0.5, 0.6) is 0 Å². The van der Waals surface area contributed by atoms with E-state index in [0.717, 1.165) is 11.3 Å². The lowest BCUT2D eigenvalue weighted by atomic mass is 10.1. The number of hydrogen-bond donors (Lipinski definition) is 1. The second kappa shape index (κ2) is 6.07. The van der Waals surface area contributed by atoms with Crippen LogP contribution in [-0.2, 0) is 13.0 Å². The third-order valence-electron chi connectivity index (χ3n) is 3.58. The Kier molecular flexibility index (Phi) is 3.62. The largest absolute Gasteiger partial charge is 0.408 e. The van der Waals surface area contributed by atoms with Gasteiger partial charge in [-0.05, 0) is 11.6 Å². The quantitative estimate of drug-likeness (QED) is 0.607. The molecular weight excluding hydrogens is 311 g/mol. The molecule has 0 aliphatic heterocycles. The molecule has 0 aliphatic carbocycles. The average Bonchev–Trinajstić information content (AvgIpc) is 3.22. The summed E-state index contributed by atoms with van der Waals surface area (Å²) in [4.78, 5) is 8.27. The summed E-state index contributed by atoms with van der Waals surface area (Å²) >= 11 is 0. The molecule has 4 rings (SSSR count). The third-order valence-corrected chi connectivity index (χ3v) is 3.58. The van der Waals surface area contributed by atoms with Crippen LogP contribution in [0.25, 0.3) is 5.65 Å². The van der Waals surface area contributed by atoms with Gasteiger partial charge in [0.1, 0.15) is 5.82 Å². The van der Waals surface area contributed by atoms with Crippen LogP contribution in [0.3, 0.4) is 0 Å². The Bertz CT molecular complexity index is 979. The lowest BCUT2D eigenvalue weighted by Gasteiger charge is -2.01. The van der Waals surface area contributed by atoms with Crippen molar-refractivity contribution in [2.75, 3.05) is 5.32 Å². The number of anilines is 1. The number of imidazole rings is 1. The van der Waals surface area contributed by atoms with Crippen molar-refractivity contribution in [1.29, 1.82) is 0 Å². The Morgan fingerprint density at radius 1 is 1.17 bits per heavy atom. The van der Waals surface area contributed by atoms with Gasteiger partial charge in [0, 0.05) is 12.4 Å². The number of halogens is 1. The molecule has 0 saturated heterocycles. The van der Waals surface area contributed by atoms with Crippen LogP contribution in [0.4, 0.5) is 10.4 Å². The Morgan fingerprint density at radius 3 is 3.00 bits per heavy atom. The first-order valence-electron chi connectivity index (χ1n) is 7.35. The lowest BCUT2D eigenvalue weighted by Crippen LogP contribution is -2.02. The average molecular weight is 324 g/mol. The van der Waals surface area contributed by atoms with Gasteiger partial charge in [-0.15, -0.1) is 5.10 Å². The standard InChI is InChI=1S/C16H13FN6O/c17-13-4-2-1-3-11(13)7-15-21-22-16(24-15)20-9-12-8-19-14-10-18-5-6-23(12)14/h1-6,8,10H,7,9H2,(H,20,22). The van der Waals surface area contributed by atoms with Gasteiger partial charge in [0.2, 0.25) is 5.89 Å². The summed E-state index contributed by atoms with van der Waals surface area (Å²) in [5.74, 6) is 0.0643. The van der Waals surface area contributed by atoms with E-state index in [9.17, 15) is 4.39 Å². The first-order valence-corrected chi connectivity index (χ1v) is 7.35. The van der Waals surface area contributed by atoms with E-state index < -0.39 is 0 Å². The zero-order valence-electron chi connectivity index (χ0n) is 12.6. The minimum absolute atomic E-state index is 0.253. The zero-order chi connectivity index (χ0) is 16.4. The summed E-state index contributed by atoms with van der Waals surface area (Å²) < 4.78 is 21.1. The SMILES string of the molecule is Fc1ccccc1Cc1nnc(NCc2cnc3cnccn23)o1. The fraction of sp³-hybridized carbons (Fsp3) is 0.125. The van der Waals surface area contributed by atoms with Gasteiger partial charge in [-0.25, -0.2) is 9.37 Å². The van der Waals surface area contributed by atoms with Crippen LogP contribution >= 0.6 is 0 Å². The molecule has 7 nitrogen and oxygen atoms in total. The van der Waals surface area contributed by atoms with Gasteiger partial charge < -0.3 is 9.73 Å². The molecule has 120 valence electrons. The first kappa shape index (κ1) is 14.3. The van der Waals surface area contributed by atoms with Gasteiger partial charge in [0.25, 0.3) is 0 Å². The fourth-order valence-electron chi connectivity index (χ4n) is 2.39. The molecular formula is C16H13FN6O. The van der Waals surface area contributed by atoms with Crippen LogP contribution in [0.1, 0.15) is 17.1 Å². The molecule has 1 aromatic carbocycles. The second-order valence-electron chi connectivity index (χ2n) is 5.18. The molecule has 3 heterocycles. The summed E-state index contributed by atoms with van der Waals surface area (Å²) in [6, 6.07) is 6.80. The monoisotopic (exact) mass is 324 g/mol. The maximum atomic E-state index is 13.6. The predicted octanol–water partition coefficient (Wildman–Crippen LogP) is 2.45. The fourth-order valence-corrected chi connectivity index (χ4v) is 2.39. The molecule has 24 heavy (non-hydrogen) atoms. The summed E-state index contributed by atoms with van der Waals surface area (Å²) in [6.07, 6.45) is 7.21. The van der Waals surface area contributed by atoms with E-state index in [4.69, 9.17) is 4.42 Å². The van der Waals surface area contributed by atoms with Crippen molar-refractivity contribution in [2.45, 2.75) is 13.0 Å². The van der Waals surface area contributed by atoms with Crippen molar-refractivity contribution in [3.8, 4) is 0 Å². The van der Waals surface area contributed by atoms with Crippen molar-refractivity contribution < 1.29 is 8.81 Å². The number of nitrogens with zero attached hydrogens (tertiary/aromatic N) is 5. The predicted molar refractivity (Wildman–Crippen MR) is 83.8 cm³/mol. The highest BCUT2D eigenvalue weighted by Gasteiger charge is 2.10. The number of nitrogens with one attached hydrogen (secondary N) is 1. The smallest absolute Gasteiger partial charge is 0.315 e. The lowest BCUT2D eigenvalue weighted by molar-refractivity contribution is 0.509. The number of fused-ring (bicyclic) bond motifs is 1. The van der Waals surface area contributed by atoms with E-state index in [1.165, 1.54) is 6.07 Å². The molecule has 3 aromatic heterocycles. The van der Waals surface area contributed by atoms with E-state index in [1.807, 2.05) is 10.6 Å². The molecule has 0 atom stereocenters. The summed E-state index contributed by atoms with van der Waals surface area (Å²) in [5, 5.41) is 10.9. The highest BCUT2D eigenvalue weighted by molar-refractivity contribution is 5.37. The topological polar surface area (TPSA) is 81.1 Å². The summed E-state index contributed by atoms with van der Waals surface area (Å²) in [5.41, 5.74) is 2.21. The van der Waals surface area contributed by atoms with Crippen LogP contribution in [0.15, 0.2) is 53.5 Å². The Hall–Kier alpha value is -3.29. The highest BCUT2D eigenvalue weighted by atomic mass is 19.1. The molecule has 0 radical (unpaired) electrons. The molecule has 8 heteroatoms. The molecule has 0 aliphatic rings. The van der Waals surface area contributed by atoms with Crippen LogP contribution in [0, 0.1) is 5.82 Å². The highest BCUT2D eigenvalue weighted by Crippen LogP contribution is 2.15. The van der Waals surface area contributed by atoms with E-state index in [1.54, 1.807) is 36.8 Å². The molecule has 0 unspecified atom stereocenters. The van der Waals surface area contributed by atoms with Gasteiger partial charge >= 0.3 is 6.01 Å². The maximum Gasteiger partial charge on any atom is 0.315 e. The van der Waals surface area contributed by atoms with Crippen molar-refractivity contribution in [1.82, 2.24) is 24.6 Å². The van der Waals surface area contributed by atoms with Crippen molar-refractivity contribution in [3.63, 3.8) is 0 Å². The van der Waals surface area contributed by atoms with Crippen molar-refractivity contribution >= 4 is 11.7 Å². The van der Waals surface area contributed by atoms with Gasteiger partial charge in [0.15, 0.2) is 5.65 Å². The van der Waals surface area contributed by atoms with Crippen LogP contribution in [-0.4, -0.2) is 24.6 Å². The Balaban J connectivity index is 1.45. The number of hydrogen-bond acceptors (Lipinski definition) is 6. The Labute approximate surface area is 136 Å². The number of benzene rings is 1. The second-order valence-corrected chi connectivity index (χ2v) is 5.18. The zero-order valence-corrected chi connectivity index (χ0v) is 12.6. The van der Waals surface area contributed by atoms with E-state index >= 15 is 0 Å². The van der Waals surface area contributed by atoms with E-state index in [-0.39, 0.29) is 18.3 Å². The molecule has 0 fully saturated rings. The number of aromatic nitrogens is 5. The molecule has 4 aromatic rings. The van der Waals surface area contributed by atoms with Gasteiger partial charge in [-0.2, -0.15) is 0 Å². The van der Waals surface area contributed by atoms with E-state index in [2.05, 4.69) is 25.5 Å². The maximum absolute atomic E-state index is 13.6. The molecule has 0 bridgehead atoms. The third kappa shape index (κ3) is 2.81. The van der Waals surface area contributed by atoms with Crippen molar-refractivity contribution in [2.24, 2.45) is 0 Å². The van der Waals surface area contributed by atoms with E-state index in [0.29, 0.717) is 18.0 Å². The minimum atomic E-state index is -0.287. The van der Waals surface area contributed by atoms with Crippen LogP contribution in [0.2, 0.25) is 0 Å². The van der Waals surface area contributed by atoms with Crippen LogP contribution < -0.4 is 5.32 Å². The molecule has 1 N–H and O–H groups in total. The summed E-state index contributed by atoms with van der Waals surface area (Å²) in [6.45, 7) is 0.465. The molecule has 0 amide bonds.